The lowest BCUT2D eigenvalue weighted by Gasteiger charge is -2.18. The van der Waals surface area contributed by atoms with Crippen molar-refractivity contribution < 1.29 is 23.1 Å². The first-order valence-electron chi connectivity index (χ1n) is 6.99. The minimum absolute atomic E-state index is 0.118. The molecule has 0 bridgehead atoms. The first-order valence-corrected chi connectivity index (χ1v) is 7.37. The van der Waals surface area contributed by atoms with Crippen LogP contribution in [0.5, 0.6) is 0 Å². The van der Waals surface area contributed by atoms with Crippen LogP contribution in [0.4, 0.5) is 8.78 Å². The Morgan fingerprint density at radius 2 is 1.79 bits per heavy atom. The minimum atomic E-state index is -1.19. The first-order chi connectivity index (χ1) is 11.4. The topological polar surface area (TPSA) is 55.4 Å². The van der Waals surface area contributed by atoms with Gasteiger partial charge < -0.3 is 10.1 Å². The van der Waals surface area contributed by atoms with E-state index in [-0.39, 0.29) is 17.0 Å². The molecule has 0 aromatic heterocycles. The zero-order chi connectivity index (χ0) is 17.7. The Bertz CT molecular complexity index is 753. The van der Waals surface area contributed by atoms with E-state index in [1.165, 1.54) is 7.11 Å². The lowest BCUT2D eigenvalue weighted by Crippen LogP contribution is -2.30. The number of hydrogen-bond acceptors (Lipinski definition) is 3. The van der Waals surface area contributed by atoms with Crippen molar-refractivity contribution >= 4 is 23.5 Å². The molecule has 126 valence electrons. The third kappa shape index (κ3) is 4.29. The summed E-state index contributed by atoms with van der Waals surface area (Å²) in [5, 5.41) is 2.36. The molecule has 4 nitrogen and oxygen atoms in total. The van der Waals surface area contributed by atoms with Gasteiger partial charge in [0.05, 0.1) is 30.2 Å². The normalized spacial score (nSPS) is 11.7. The molecular weight excluding hydrogens is 340 g/mol. The molecule has 2 rings (SSSR count). The molecule has 2 aromatic carbocycles. The van der Waals surface area contributed by atoms with Crippen LogP contribution in [-0.2, 0) is 9.53 Å². The highest BCUT2D eigenvalue weighted by Crippen LogP contribution is 2.23. The number of hydrogen-bond donors (Lipinski definition) is 1. The van der Waals surface area contributed by atoms with Crippen LogP contribution >= 0.6 is 11.6 Å². The van der Waals surface area contributed by atoms with Crippen LogP contribution in [-0.4, -0.2) is 19.0 Å². The standard InChI is InChI=1S/C17H14ClF2NO3/c1-24-16(22)9-15(10-5-3-2-4-6-10)21-17(23)11-7-13(19)14(20)8-12(11)18/h2-8,15H,9H2,1H3,(H,21,23)/t15-/m1/s1. The number of ether oxygens (including phenoxy) is 1. The van der Waals surface area contributed by atoms with Gasteiger partial charge in [0.2, 0.25) is 0 Å². The van der Waals surface area contributed by atoms with Crippen LogP contribution in [0.25, 0.3) is 0 Å². The Morgan fingerprint density at radius 1 is 1.17 bits per heavy atom. The molecule has 0 saturated carbocycles. The van der Waals surface area contributed by atoms with Crippen LogP contribution in [0.2, 0.25) is 5.02 Å². The second kappa shape index (κ2) is 7.88. The molecule has 0 aliphatic heterocycles. The quantitative estimate of drug-likeness (QED) is 0.659. The zero-order valence-corrected chi connectivity index (χ0v) is 13.4. The fraction of sp³-hybridized carbons (Fsp3) is 0.176. The van der Waals surface area contributed by atoms with E-state index in [1.807, 2.05) is 0 Å². The predicted octanol–water partition coefficient (Wildman–Crippen LogP) is 3.65. The van der Waals surface area contributed by atoms with E-state index >= 15 is 0 Å². The number of rotatable bonds is 5. The maximum Gasteiger partial charge on any atom is 0.307 e. The van der Waals surface area contributed by atoms with Crippen molar-refractivity contribution in [3.05, 3.63) is 70.2 Å². The fourth-order valence-electron chi connectivity index (χ4n) is 2.12. The van der Waals surface area contributed by atoms with Gasteiger partial charge in [0.1, 0.15) is 0 Å². The van der Waals surface area contributed by atoms with E-state index in [9.17, 15) is 18.4 Å². The molecule has 0 saturated heterocycles. The van der Waals surface area contributed by atoms with Crippen LogP contribution in [0.15, 0.2) is 42.5 Å². The van der Waals surface area contributed by atoms with Crippen molar-refractivity contribution in [3.8, 4) is 0 Å². The largest absolute Gasteiger partial charge is 0.469 e. The second-order valence-corrected chi connectivity index (χ2v) is 5.37. The average molecular weight is 354 g/mol. The molecule has 1 N–H and O–H groups in total. The monoisotopic (exact) mass is 353 g/mol. The van der Waals surface area contributed by atoms with Gasteiger partial charge in [0, 0.05) is 0 Å². The van der Waals surface area contributed by atoms with E-state index in [1.54, 1.807) is 30.3 Å². The molecule has 0 aliphatic rings. The van der Waals surface area contributed by atoms with Gasteiger partial charge >= 0.3 is 5.97 Å². The SMILES string of the molecule is COC(=O)C[C@@H](NC(=O)c1cc(F)c(F)cc1Cl)c1ccccc1. The smallest absolute Gasteiger partial charge is 0.307 e. The molecule has 7 heteroatoms. The summed E-state index contributed by atoms with van der Waals surface area (Å²) >= 11 is 5.80. The van der Waals surface area contributed by atoms with Gasteiger partial charge in [-0.3, -0.25) is 9.59 Å². The Labute approximate surface area is 142 Å². The van der Waals surface area contributed by atoms with Crippen molar-refractivity contribution in [3.63, 3.8) is 0 Å². The van der Waals surface area contributed by atoms with Crippen molar-refractivity contribution in [2.75, 3.05) is 7.11 Å². The summed E-state index contributed by atoms with van der Waals surface area (Å²) in [5.74, 6) is -3.59. The molecule has 0 spiro atoms. The summed E-state index contributed by atoms with van der Waals surface area (Å²) in [6.07, 6.45) is -0.118. The number of esters is 1. The molecular formula is C17H14ClF2NO3. The lowest BCUT2D eigenvalue weighted by molar-refractivity contribution is -0.141. The van der Waals surface area contributed by atoms with Crippen LogP contribution in [0.1, 0.15) is 28.4 Å². The minimum Gasteiger partial charge on any atom is -0.469 e. The fourth-order valence-corrected chi connectivity index (χ4v) is 2.36. The van der Waals surface area contributed by atoms with E-state index in [2.05, 4.69) is 10.1 Å². The number of carbonyl (C=O) groups excluding carboxylic acids is 2. The lowest BCUT2D eigenvalue weighted by atomic mass is 10.0. The van der Waals surface area contributed by atoms with Gasteiger partial charge in [0.25, 0.3) is 5.91 Å². The van der Waals surface area contributed by atoms with Crippen molar-refractivity contribution in [1.82, 2.24) is 5.32 Å². The molecule has 0 aliphatic carbocycles. The molecule has 24 heavy (non-hydrogen) atoms. The van der Waals surface area contributed by atoms with Gasteiger partial charge in [-0.2, -0.15) is 0 Å². The highest BCUT2D eigenvalue weighted by atomic mass is 35.5. The van der Waals surface area contributed by atoms with Crippen molar-refractivity contribution in [2.45, 2.75) is 12.5 Å². The molecule has 0 radical (unpaired) electrons. The Hall–Kier alpha value is -2.47. The molecule has 1 atom stereocenters. The van der Waals surface area contributed by atoms with Gasteiger partial charge in [0.15, 0.2) is 11.6 Å². The summed E-state index contributed by atoms with van der Waals surface area (Å²) in [7, 11) is 1.23. The number of amides is 1. The van der Waals surface area contributed by atoms with Crippen molar-refractivity contribution in [2.24, 2.45) is 0 Å². The molecule has 1 amide bonds. The van der Waals surface area contributed by atoms with Gasteiger partial charge in [-0.15, -0.1) is 0 Å². The first kappa shape index (κ1) is 17.9. The molecule has 0 fully saturated rings. The summed E-state index contributed by atoms with van der Waals surface area (Å²) in [6, 6.07) is 9.47. The Kier molecular flexibility index (Phi) is 5.87. The average Bonchev–Trinajstić information content (AvgIpc) is 2.58. The van der Waals surface area contributed by atoms with Gasteiger partial charge in [-0.1, -0.05) is 41.9 Å². The number of benzene rings is 2. The van der Waals surface area contributed by atoms with E-state index in [4.69, 9.17) is 11.6 Å². The Morgan fingerprint density at radius 3 is 2.42 bits per heavy atom. The number of nitrogens with one attached hydrogen (secondary N) is 1. The zero-order valence-electron chi connectivity index (χ0n) is 12.7. The summed E-state index contributed by atoms with van der Waals surface area (Å²) in [4.78, 5) is 23.9. The van der Waals surface area contributed by atoms with Gasteiger partial charge in [-0.25, -0.2) is 8.78 Å². The molecule has 0 unspecified atom stereocenters. The van der Waals surface area contributed by atoms with Crippen LogP contribution in [0, 0.1) is 11.6 Å². The summed E-state index contributed by atoms with van der Waals surface area (Å²) in [6.45, 7) is 0. The number of halogens is 3. The van der Waals surface area contributed by atoms with E-state index < -0.39 is 29.6 Å². The maximum absolute atomic E-state index is 13.4. The summed E-state index contributed by atoms with van der Waals surface area (Å²) < 4.78 is 31.1. The van der Waals surface area contributed by atoms with Crippen LogP contribution in [0.3, 0.4) is 0 Å². The number of carbonyl (C=O) groups is 2. The third-order valence-corrected chi connectivity index (χ3v) is 3.67. The number of methoxy groups -OCH3 is 1. The molecule has 0 heterocycles. The highest BCUT2D eigenvalue weighted by molar-refractivity contribution is 6.33. The third-order valence-electron chi connectivity index (χ3n) is 3.36. The van der Waals surface area contributed by atoms with E-state index in [0.29, 0.717) is 11.6 Å². The van der Waals surface area contributed by atoms with Crippen LogP contribution < -0.4 is 5.32 Å². The maximum atomic E-state index is 13.4. The molecule has 2 aromatic rings. The predicted molar refractivity (Wildman–Crippen MR) is 84.7 cm³/mol. The highest BCUT2D eigenvalue weighted by Gasteiger charge is 2.22. The van der Waals surface area contributed by atoms with Gasteiger partial charge in [-0.05, 0) is 17.7 Å². The van der Waals surface area contributed by atoms with Crippen molar-refractivity contribution in [1.29, 1.82) is 0 Å². The van der Waals surface area contributed by atoms with E-state index in [0.717, 1.165) is 6.07 Å². The summed E-state index contributed by atoms with van der Waals surface area (Å²) in [5.41, 5.74) is 0.441. The second-order valence-electron chi connectivity index (χ2n) is 4.96. The Balaban J connectivity index is 2.27.